The Morgan fingerprint density at radius 1 is 1.42 bits per heavy atom. The van der Waals surface area contributed by atoms with E-state index in [0.29, 0.717) is 25.5 Å². The Kier molecular flexibility index (Phi) is 6.54. The number of methoxy groups -OCH3 is 1. The van der Waals surface area contributed by atoms with Crippen molar-refractivity contribution in [2.75, 3.05) is 26.9 Å². The molecule has 0 aromatic rings. The van der Waals surface area contributed by atoms with Gasteiger partial charge in [0, 0.05) is 19.6 Å². The Morgan fingerprint density at radius 3 is 2.68 bits per heavy atom. The van der Waals surface area contributed by atoms with Crippen LogP contribution in [0.4, 0.5) is 4.79 Å². The van der Waals surface area contributed by atoms with Gasteiger partial charge >= 0.3 is 6.09 Å². The molecule has 0 aromatic carbocycles. The summed E-state index contributed by atoms with van der Waals surface area (Å²) in [5.41, 5.74) is 5.93. The Hall–Kier alpha value is -0.850. The van der Waals surface area contributed by atoms with Crippen molar-refractivity contribution in [2.45, 2.75) is 39.0 Å². The number of nitrogens with zero attached hydrogens (tertiary/aromatic N) is 1. The van der Waals surface area contributed by atoms with Crippen LogP contribution in [0, 0.1) is 11.8 Å². The van der Waals surface area contributed by atoms with Crippen LogP contribution in [0.15, 0.2) is 0 Å². The van der Waals surface area contributed by atoms with Crippen LogP contribution in [0.3, 0.4) is 0 Å². The van der Waals surface area contributed by atoms with Crippen molar-refractivity contribution >= 4 is 6.09 Å². The second-order valence-electron chi connectivity index (χ2n) is 5.55. The number of hydrogen-bond acceptors (Lipinski definition) is 5. The average molecular weight is 274 g/mol. The average Bonchev–Trinajstić information content (AvgIpc) is 2.36. The van der Waals surface area contributed by atoms with Gasteiger partial charge in [0.15, 0.2) is 0 Å². The number of carbonyl (C=O) groups excluding carboxylic acids is 1. The summed E-state index contributed by atoms with van der Waals surface area (Å²) in [6.07, 6.45) is 0.168. The highest BCUT2D eigenvalue weighted by molar-refractivity contribution is 5.68. The van der Waals surface area contributed by atoms with E-state index in [0.717, 1.165) is 6.42 Å². The van der Waals surface area contributed by atoms with Crippen LogP contribution in [0.5, 0.6) is 0 Å². The molecule has 0 bridgehead atoms. The van der Waals surface area contributed by atoms with Gasteiger partial charge in [0.2, 0.25) is 0 Å². The highest BCUT2D eigenvalue weighted by Gasteiger charge is 2.33. The van der Waals surface area contributed by atoms with Gasteiger partial charge in [0.1, 0.15) is 0 Å². The molecule has 3 atom stereocenters. The Morgan fingerprint density at radius 2 is 2.11 bits per heavy atom. The Balaban J connectivity index is 2.52. The number of nitrogens with two attached hydrogens (primary N) is 1. The van der Waals surface area contributed by atoms with Crippen LogP contribution < -0.4 is 5.73 Å². The standard InChI is InChI=1S/C13H26N2O4/c1-9(2)7-19-13(17)15-6-10(4-5-12(15)14)11(16)8-18-3/h9-12,16H,4-8,14H2,1-3H3. The molecule has 6 nitrogen and oxygen atoms in total. The lowest BCUT2D eigenvalue weighted by atomic mass is 9.91. The number of piperidine rings is 1. The van der Waals surface area contributed by atoms with Gasteiger partial charge in [-0.05, 0) is 18.8 Å². The molecule has 19 heavy (non-hydrogen) atoms. The first-order valence-electron chi connectivity index (χ1n) is 6.81. The SMILES string of the molecule is COCC(O)C1CCC(N)N(C(=O)OCC(C)C)C1. The van der Waals surface area contributed by atoms with Crippen molar-refractivity contribution in [3.63, 3.8) is 0 Å². The minimum atomic E-state index is -0.571. The topological polar surface area (TPSA) is 85.0 Å². The molecule has 1 fully saturated rings. The lowest BCUT2D eigenvalue weighted by molar-refractivity contribution is -0.0154. The molecule has 0 aromatic heterocycles. The predicted octanol–water partition coefficient (Wildman–Crippen LogP) is 0.783. The summed E-state index contributed by atoms with van der Waals surface area (Å²) in [7, 11) is 1.55. The maximum atomic E-state index is 11.9. The van der Waals surface area contributed by atoms with Gasteiger partial charge in [-0.2, -0.15) is 0 Å². The minimum absolute atomic E-state index is 0.00801. The summed E-state index contributed by atoms with van der Waals surface area (Å²) in [5, 5.41) is 9.93. The maximum absolute atomic E-state index is 11.9. The Bertz CT molecular complexity index is 286. The normalized spacial score (nSPS) is 25.5. The van der Waals surface area contributed by atoms with Crippen molar-refractivity contribution < 1.29 is 19.4 Å². The number of ether oxygens (including phenoxy) is 2. The van der Waals surface area contributed by atoms with Crippen LogP contribution in [0.25, 0.3) is 0 Å². The van der Waals surface area contributed by atoms with Crippen molar-refractivity contribution in [1.82, 2.24) is 4.90 Å². The summed E-state index contributed by atoms with van der Waals surface area (Å²) < 4.78 is 10.1. The Labute approximate surface area is 114 Å². The minimum Gasteiger partial charge on any atom is -0.449 e. The molecule has 0 spiro atoms. The number of aliphatic hydroxyl groups excluding tert-OH is 1. The molecule has 0 radical (unpaired) electrons. The number of likely N-dealkylation sites (tertiary alicyclic amines) is 1. The largest absolute Gasteiger partial charge is 0.449 e. The molecular weight excluding hydrogens is 248 g/mol. The zero-order chi connectivity index (χ0) is 14.4. The molecule has 3 unspecified atom stereocenters. The van der Waals surface area contributed by atoms with Crippen molar-refractivity contribution in [2.24, 2.45) is 17.6 Å². The van der Waals surface area contributed by atoms with Gasteiger partial charge in [-0.3, -0.25) is 4.90 Å². The third-order valence-corrected chi connectivity index (χ3v) is 3.32. The number of amides is 1. The third-order valence-electron chi connectivity index (χ3n) is 3.32. The lowest BCUT2D eigenvalue weighted by Gasteiger charge is -2.38. The fourth-order valence-electron chi connectivity index (χ4n) is 2.17. The van der Waals surface area contributed by atoms with Gasteiger partial charge in [-0.1, -0.05) is 13.8 Å². The second-order valence-corrected chi connectivity index (χ2v) is 5.55. The highest BCUT2D eigenvalue weighted by Crippen LogP contribution is 2.23. The quantitative estimate of drug-likeness (QED) is 0.774. The first-order valence-corrected chi connectivity index (χ1v) is 6.81. The summed E-state index contributed by atoms with van der Waals surface area (Å²) in [6.45, 7) is 5.04. The van der Waals surface area contributed by atoms with Gasteiger partial charge in [-0.25, -0.2) is 4.79 Å². The number of carbonyl (C=O) groups is 1. The van der Waals surface area contributed by atoms with Gasteiger partial charge in [-0.15, -0.1) is 0 Å². The van der Waals surface area contributed by atoms with Crippen molar-refractivity contribution in [3.8, 4) is 0 Å². The summed E-state index contributed by atoms with van der Waals surface area (Å²) in [5.74, 6) is 0.284. The van der Waals surface area contributed by atoms with E-state index in [4.69, 9.17) is 15.2 Å². The lowest BCUT2D eigenvalue weighted by Crippen LogP contribution is -2.54. The molecule has 1 aliphatic heterocycles. The first-order chi connectivity index (χ1) is 8.95. The van der Waals surface area contributed by atoms with E-state index in [-0.39, 0.29) is 18.7 Å². The van der Waals surface area contributed by atoms with Crippen LogP contribution >= 0.6 is 0 Å². The molecule has 1 amide bonds. The predicted molar refractivity (Wildman–Crippen MR) is 71.5 cm³/mol. The van der Waals surface area contributed by atoms with E-state index in [1.54, 1.807) is 7.11 Å². The van der Waals surface area contributed by atoms with Crippen LogP contribution in [-0.2, 0) is 9.47 Å². The number of aliphatic hydroxyl groups is 1. The second kappa shape index (κ2) is 7.67. The van der Waals surface area contributed by atoms with Crippen LogP contribution in [-0.4, -0.2) is 55.2 Å². The molecule has 0 saturated carbocycles. The van der Waals surface area contributed by atoms with Crippen LogP contribution in [0.2, 0.25) is 0 Å². The van der Waals surface area contributed by atoms with Gasteiger partial charge < -0.3 is 20.3 Å². The first kappa shape index (κ1) is 16.2. The highest BCUT2D eigenvalue weighted by atomic mass is 16.6. The molecule has 1 heterocycles. The van der Waals surface area contributed by atoms with Crippen molar-refractivity contribution in [3.05, 3.63) is 0 Å². The molecule has 1 rings (SSSR count). The maximum Gasteiger partial charge on any atom is 0.411 e. The molecular formula is C13H26N2O4. The van der Waals surface area contributed by atoms with E-state index in [2.05, 4.69) is 0 Å². The van der Waals surface area contributed by atoms with E-state index >= 15 is 0 Å². The van der Waals surface area contributed by atoms with Crippen molar-refractivity contribution in [1.29, 1.82) is 0 Å². The molecule has 1 saturated heterocycles. The van der Waals surface area contributed by atoms with E-state index < -0.39 is 12.2 Å². The number of hydrogen-bond donors (Lipinski definition) is 2. The molecule has 1 aliphatic rings. The molecule has 112 valence electrons. The monoisotopic (exact) mass is 274 g/mol. The fraction of sp³-hybridized carbons (Fsp3) is 0.923. The zero-order valence-electron chi connectivity index (χ0n) is 12.0. The third kappa shape index (κ3) is 4.97. The summed E-state index contributed by atoms with van der Waals surface area (Å²) in [4.78, 5) is 13.5. The smallest absolute Gasteiger partial charge is 0.411 e. The van der Waals surface area contributed by atoms with E-state index in [1.807, 2.05) is 13.8 Å². The molecule has 0 aliphatic carbocycles. The molecule has 6 heteroatoms. The summed E-state index contributed by atoms with van der Waals surface area (Å²) in [6, 6.07) is 0. The van der Waals surface area contributed by atoms with E-state index in [9.17, 15) is 9.90 Å². The van der Waals surface area contributed by atoms with E-state index in [1.165, 1.54) is 4.90 Å². The van der Waals surface area contributed by atoms with Gasteiger partial charge in [0.25, 0.3) is 0 Å². The number of rotatable bonds is 5. The zero-order valence-corrected chi connectivity index (χ0v) is 12.0. The fourth-order valence-corrected chi connectivity index (χ4v) is 2.17. The van der Waals surface area contributed by atoms with Gasteiger partial charge in [0.05, 0.1) is 25.5 Å². The summed E-state index contributed by atoms with van der Waals surface area (Å²) >= 11 is 0. The van der Waals surface area contributed by atoms with Crippen LogP contribution in [0.1, 0.15) is 26.7 Å². The molecule has 3 N–H and O–H groups in total.